The summed E-state index contributed by atoms with van der Waals surface area (Å²) >= 11 is 0. The van der Waals surface area contributed by atoms with E-state index in [-0.39, 0.29) is 18.1 Å². The highest BCUT2D eigenvalue weighted by Gasteiger charge is 2.38. The van der Waals surface area contributed by atoms with Gasteiger partial charge in [-0.1, -0.05) is 36.8 Å². The number of hydrogen-bond acceptors (Lipinski definition) is 3. The summed E-state index contributed by atoms with van der Waals surface area (Å²) in [6, 6.07) is 10.8. The molecule has 0 aromatic heterocycles. The summed E-state index contributed by atoms with van der Waals surface area (Å²) in [6.45, 7) is 2.48. The molecule has 2 unspecified atom stereocenters. The Bertz CT molecular complexity index is 491. The molecule has 1 amide bonds. The van der Waals surface area contributed by atoms with Crippen LogP contribution in [-0.2, 0) is 4.79 Å². The number of aliphatic hydroxyl groups is 1. The zero-order valence-corrected chi connectivity index (χ0v) is 13.2. The minimum absolute atomic E-state index is 0.0314. The average Bonchev–Trinajstić information content (AvgIpc) is 2.49. The van der Waals surface area contributed by atoms with E-state index >= 15 is 0 Å². The van der Waals surface area contributed by atoms with E-state index in [0.717, 1.165) is 31.2 Å². The van der Waals surface area contributed by atoms with Crippen LogP contribution in [0.3, 0.4) is 0 Å². The van der Waals surface area contributed by atoms with E-state index in [1.165, 1.54) is 6.42 Å². The van der Waals surface area contributed by atoms with Crippen molar-refractivity contribution in [1.82, 2.24) is 10.2 Å². The molecule has 2 bridgehead atoms. The third kappa shape index (κ3) is 3.50. The summed E-state index contributed by atoms with van der Waals surface area (Å²) < 4.78 is 0. The predicted octanol–water partition coefficient (Wildman–Crippen LogP) is 2.24. The first kappa shape index (κ1) is 15.5. The second-order valence-electron chi connectivity index (χ2n) is 6.74. The minimum Gasteiger partial charge on any atom is -0.393 e. The monoisotopic (exact) mass is 302 g/mol. The fourth-order valence-corrected chi connectivity index (χ4v) is 3.99. The number of piperidine rings is 2. The molecule has 2 heterocycles. The molecule has 22 heavy (non-hydrogen) atoms. The van der Waals surface area contributed by atoms with E-state index in [4.69, 9.17) is 0 Å². The lowest BCUT2D eigenvalue weighted by Gasteiger charge is -2.47. The van der Waals surface area contributed by atoms with E-state index in [9.17, 15) is 9.90 Å². The molecule has 1 aromatic carbocycles. The van der Waals surface area contributed by atoms with Gasteiger partial charge in [0.25, 0.3) is 0 Å². The number of hydrogen-bond donors (Lipinski definition) is 2. The maximum atomic E-state index is 12.4. The quantitative estimate of drug-likeness (QED) is 0.897. The van der Waals surface area contributed by atoms with Gasteiger partial charge in [-0.25, -0.2) is 0 Å². The lowest BCUT2D eigenvalue weighted by Crippen LogP contribution is -2.56. The summed E-state index contributed by atoms with van der Waals surface area (Å²) in [6.07, 6.45) is 4.89. The largest absolute Gasteiger partial charge is 0.393 e. The molecule has 4 atom stereocenters. The van der Waals surface area contributed by atoms with Gasteiger partial charge in [0.1, 0.15) is 0 Å². The highest BCUT2D eigenvalue weighted by Crippen LogP contribution is 2.33. The Morgan fingerprint density at radius 2 is 1.91 bits per heavy atom. The van der Waals surface area contributed by atoms with Gasteiger partial charge in [0.05, 0.1) is 18.7 Å². The average molecular weight is 302 g/mol. The number of nitrogens with zero attached hydrogens (tertiary/aromatic N) is 1. The lowest BCUT2D eigenvalue weighted by molar-refractivity contribution is -0.127. The molecule has 0 spiro atoms. The zero-order valence-electron chi connectivity index (χ0n) is 13.2. The van der Waals surface area contributed by atoms with Crippen molar-refractivity contribution in [3.05, 3.63) is 35.9 Å². The molecule has 2 aliphatic rings. The normalized spacial score (nSPS) is 29.8. The van der Waals surface area contributed by atoms with Crippen LogP contribution in [-0.4, -0.2) is 40.6 Å². The minimum atomic E-state index is -0.183. The summed E-state index contributed by atoms with van der Waals surface area (Å²) in [7, 11) is 0. The van der Waals surface area contributed by atoms with Gasteiger partial charge in [-0.05, 0) is 38.2 Å². The first-order valence-electron chi connectivity index (χ1n) is 8.41. The highest BCUT2D eigenvalue weighted by molar-refractivity contribution is 5.78. The molecule has 2 saturated heterocycles. The Kier molecular flexibility index (Phi) is 4.79. The van der Waals surface area contributed by atoms with Crippen molar-refractivity contribution in [2.45, 2.75) is 63.3 Å². The lowest BCUT2D eigenvalue weighted by atomic mass is 9.83. The van der Waals surface area contributed by atoms with Crippen molar-refractivity contribution < 1.29 is 9.90 Å². The molecule has 3 rings (SSSR count). The SMILES string of the molecule is CC(NC(=O)CN1[C@@H]2CCC[C@H]1CC(O)C2)c1ccccc1. The van der Waals surface area contributed by atoms with Crippen molar-refractivity contribution in [2.75, 3.05) is 6.54 Å². The topological polar surface area (TPSA) is 52.6 Å². The zero-order chi connectivity index (χ0) is 15.5. The Labute approximate surface area is 132 Å². The Hall–Kier alpha value is -1.39. The molecule has 1 aromatic rings. The van der Waals surface area contributed by atoms with Crippen LogP contribution in [0.4, 0.5) is 0 Å². The number of fused-ring (bicyclic) bond motifs is 2. The van der Waals surface area contributed by atoms with E-state index in [1.807, 2.05) is 37.3 Å². The van der Waals surface area contributed by atoms with Crippen molar-refractivity contribution in [2.24, 2.45) is 0 Å². The van der Waals surface area contributed by atoms with Crippen LogP contribution in [0.25, 0.3) is 0 Å². The Morgan fingerprint density at radius 3 is 2.55 bits per heavy atom. The van der Waals surface area contributed by atoms with Crippen molar-refractivity contribution in [3.8, 4) is 0 Å². The number of carbonyl (C=O) groups is 1. The van der Waals surface area contributed by atoms with Gasteiger partial charge in [-0.3, -0.25) is 9.69 Å². The van der Waals surface area contributed by atoms with E-state index in [2.05, 4.69) is 10.2 Å². The van der Waals surface area contributed by atoms with Gasteiger partial charge >= 0.3 is 0 Å². The van der Waals surface area contributed by atoms with E-state index in [1.54, 1.807) is 0 Å². The van der Waals surface area contributed by atoms with Crippen LogP contribution in [0.1, 0.15) is 50.6 Å². The number of amides is 1. The van der Waals surface area contributed by atoms with Crippen LogP contribution in [0.2, 0.25) is 0 Å². The molecule has 0 saturated carbocycles. The molecule has 2 aliphatic heterocycles. The predicted molar refractivity (Wildman–Crippen MR) is 86.4 cm³/mol. The van der Waals surface area contributed by atoms with Gasteiger partial charge < -0.3 is 10.4 Å². The summed E-state index contributed by atoms with van der Waals surface area (Å²) in [5, 5.41) is 13.0. The summed E-state index contributed by atoms with van der Waals surface area (Å²) in [4.78, 5) is 14.7. The maximum absolute atomic E-state index is 12.4. The molecular weight excluding hydrogens is 276 g/mol. The van der Waals surface area contributed by atoms with Crippen LogP contribution >= 0.6 is 0 Å². The summed E-state index contributed by atoms with van der Waals surface area (Å²) in [5.74, 6) is 0.0876. The number of nitrogens with one attached hydrogen (secondary N) is 1. The molecule has 4 nitrogen and oxygen atoms in total. The third-order valence-corrected chi connectivity index (χ3v) is 5.10. The first-order chi connectivity index (χ1) is 10.6. The number of aliphatic hydroxyl groups excluding tert-OH is 1. The van der Waals surface area contributed by atoms with Crippen LogP contribution in [0, 0.1) is 0 Å². The molecule has 120 valence electrons. The first-order valence-corrected chi connectivity index (χ1v) is 8.41. The second kappa shape index (κ2) is 6.80. The van der Waals surface area contributed by atoms with Crippen LogP contribution in [0.15, 0.2) is 30.3 Å². The van der Waals surface area contributed by atoms with Crippen LogP contribution in [0.5, 0.6) is 0 Å². The fourth-order valence-electron chi connectivity index (χ4n) is 3.99. The van der Waals surface area contributed by atoms with E-state index < -0.39 is 0 Å². The smallest absolute Gasteiger partial charge is 0.234 e. The number of benzene rings is 1. The molecule has 0 aliphatic carbocycles. The second-order valence-corrected chi connectivity index (χ2v) is 6.74. The van der Waals surface area contributed by atoms with Crippen molar-refractivity contribution in [1.29, 1.82) is 0 Å². The van der Waals surface area contributed by atoms with E-state index in [0.29, 0.717) is 18.6 Å². The Balaban J connectivity index is 1.57. The highest BCUT2D eigenvalue weighted by atomic mass is 16.3. The maximum Gasteiger partial charge on any atom is 0.234 e. The molecule has 2 N–H and O–H groups in total. The van der Waals surface area contributed by atoms with Gasteiger partial charge in [0, 0.05) is 12.1 Å². The third-order valence-electron chi connectivity index (χ3n) is 5.10. The standard InChI is InChI=1S/C18H26N2O2/c1-13(14-6-3-2-4-7-14)19-18(22)12-20-15-8-5-9-16(20)11-17(21)10-15/h2-4,6-7,13,15-17,21H,5,8-12H2,1H3,(H,19,22)/t13?,15-,16+,17?. The van der Waals surface area contributed by atoms with Gasteiger partial charge in [0.2, 0.25) is 5.91 Å². The van der Waals surface area contributed by atoms with Crippen molar-refractivity contribution in [3.63, 3.8) is 0 Å². The van der Waals surface area contributed by atoms with Gasteiger partial charge in [0.15, 0.2) is 0 Å². The molecule has 4 heteroatoms. The van der Waals surface area contributed by atoms with Crippen molar-refractivity contribution >= 4 is 5.91 Å². The number of carbonyl (C=O) groups excluding carboxylic acids is 1. The van der Waals surface area contributed by atoms with Crippen LogP contribution < -0.4 is 5.32 Å². The summed E-state index contributed by atoms with van der Waals surface area (Å²) in [5.41, 5.74) is 1.13. The fraction of sp³-hybridized carbons (Fsp3) is 0.611. The molecule has 2 fully saturated rings. The van der Waals surface area contributed by atoms with Gasteiger partial charge in [-0.2, -0.15) is 0 Å². The Morgan fingerprint density at radius 1 is 1.27 bits per heavy atom. The molecular formula is C18H26N2O2. The van der Waals surface area contributed by atoms with Gasteiger partial charge in [-0.15, -0.1) is 0 Å². The number of rotatable bonds is 4. The molecule has 0 radical (unpaired) electrons.